The van der Waals surface area contributed by atoms with Crippen LogP contribution in [-0.4, -0.2) is 19.0 Å². The third kappa shape index (κ3) is 5.70. The Balaban J connectivity index is 0.000000478. The van der Waals surface area contributed by atoms with Crippen molar-refractivity contribution in [1.29, 1.82) is 0 Å². The number of carbonyl (C=O) groups excluding carboxylic acids is 1. The lowest BCUT2D eigenvalue weighted by atomic mass is 9.77. The summed E-state index contributed by atoms with van der Waals surface area (Å²) in [5.41, 5.74) is 6.94. The summed E-state index contributed by atoms with van der Waals surface area (Å²) in [4.78, 5) is 13.8. The maximum atomic E-state index is 11.3. The molecule has 1 atom stereocenters. The quantitative estimate of drug-likeness (QED) is 0.594. The predicted octanol–water partition coefficient (Wildman–Crippen LogP) is 6.30. The highest BCUT2D eigenvalue weighted by Crippen LogP contribution is 2.45. The molecule has 1 fully saturated rings. The summed E-state index contributed by atoms with van der Waals surface area (Å²) in [6, 6.07) is 15.5. The standard InChI is InChI=1S/C23H30N2O.C5H10/c1-5-23(12-13-24-19(4)26)16-25(22-9-7-6-8-21(22)23)15-20-11-10-17(2)14-18(20)3;1-5-3-2-4-5/h6-11,14H,5,12-13,15-16H2,1-4H3,(H,24,26);5H,2-4H2,1H3. The Labute approximate surface area is 189 Å². The summed E-state index contributed by atoms with van der Waals surface area (Å²) >= 11 is 0. The fraction of sp³-hybridized carbons (Fsp3) is 0.536. The average molecular weight is 421 g/mol. The Morgan fingerprint density at radius 3 is 2.45 bits per heavy atom. The zero-order valence-corrected chi connectivity index (χ0v) is 20.1. The van der Waals surface area contributed by atoms with Crippen molar-refractivity contribution in [3.05, 3.63) is 64.7 Å². The van der Waals surface area contributed by atoms with Crippen molar-refractivity contribution >= 4 is 11.6 Å². The highest BCUT2D eigenvalue weighted by molar-refractivity contribution is 5.72. The minimum absolute atomic E-state index is 0.0506. The molecule has 3 heteroatoms. The van der Waals surface area contributed by atoms with Crippen LogP contribution in [0.3, 0.4) is 0 Å². The summed E-state index contributed by atoms with van der Waals surface area (Å²) in [7, 11) is 0. The van der Waals surface area contributed by atoms with Gasteiger partial charge in [-0.2, -0.15) is 0 Å². The molecule has 2 aromatic rings. The molecular formula is C28H40N2O. The molecule has 168 valence electrons. The van der Waals surface area contributed by atoms with Crippen molar-refractivity contribution < 1.29 is 4.79 Å². The zero-order valence-electron chi connectivity index (χ0n) is 20.1. The fourth-order valence-corrected chi connectivity index (χ4v) is 4.89. The lowest BCUT2D eigenvalue weighted by molar-refractivity contribution is -0.119. The summed E-state index contributed by atoms with van der Waals surface area (Å²) < 4.78 is 0. The van der Waals surface area contributed by atoms with E-state index in [1.807, 2.05) is 0 Å². The first-order chi connectivity index (χ1) is 14.8. The number of aryl methyl sites for hydroxylation is 2. The third-order valence-electron chi connectivity index (χ3n) is 7.22. The largest absolute Gasteiger partial charge is 0.366 e. The molecule has 1 aliphatic carbocycles. The molecule has 0 saturated heterocycles. The van der Waals surface area contributed by atoms with Gasteiger partial charge in [-0.15, -0.1) is 0 Å². The van der Waals surface area contributed by atoms with E-state index in [1.165, 1.54) is 47.2 Å². The lowest BCUT2D eigenvalue weighted by Gasteiger charge is -2.30. The van der Waals surface area contributed by atoms with Crippen molar-refractivity contribution in [3.63, 3.8) is 0 Å². The van der Waals surface area contributed by atoms with Crippen LogP contribution in [0.2, 0.25) is 0 Å². The van der Waals surface area contributed by atoms with Crippen LogP contribution in [0.5, 0.6) is 0 Å². The number of hydrogen-bond donors (Lipinski definition) is 1. The zero-order chi connectivity index (χ0) is 22.4. The highest BCUT2D eigenvalue weighted by Gasteiger charge is 2.40. The molecule has 2 aromatic carbocycles. The smallest absolute Gasteiger partial charge is 0.216 e. The van der Waals surface area contributed by atoms with Gasteiger partial charge in [0.1, 0.15) is 0 Å². The number of carbonyl (C=O) groups is 1. The van der Waals surface area contributed by atoms with Gasteiger partial charge in [0.15, 0.2) is 0 Å². The number of amides is 1. The number of anilines is 1. The normalized spacial score (nSPS) is 19.8. The van der Waals surface area contributed by atoms with Crippen molar-refractivity contribution in [2.75, 3.05) is 18.0 Å². The van der Waals surface area contributed by atoms with Crippen LogP contribution >= 0.6 is 0 Å². The van der Waals surface area contributed by atoms with Crippen molar-refractivity contribution in [2.45, 2.75) is 78.7 Å². The minimum atomic E-state index is 0.0506. The molecule has 0 bridgehead atoms. The Kier molecular flexibility index (Phi) is 7.80. The Morgan fingerprint density at radius 1 is 1.16 bits per heavy atom. The van der Waals surface area contributed by atoms with Crippen molar-refractivity contribution in [1.82, 2.24) is 5.32 Å². The Hall–Kier alpha value is -2.29. The molecule has 31 heavy (non-hydrogen) atoms. The molecule has 2 aliphatic rings. The molecule has 1 saturated carbocycles. The van der Waals surface area contributed by atoms with Gasteiger partial charge < -0.3 is 10.2 Å². The van der Waals surface area contributed by atoms with Gasteiger partial charge >= 0.3 is 0 Å². The van der Waals surface area contributed by atoms with Gasteiger partial charge in [-0.05, 0) is 55.4 Å². The second kappa shape index (κ2) is 10.3. The SMILES string of the molecule is CC1CCC1.CCC1(CCNC(C)=O)CN(Cc2ccc(C)cc2C)c2ccccc21. The van der Waals surface area contributed by atoms with E-state index >= 15 is 0 Å². The summed E-state index contributed by atoms with van der Waals surface area (Å²) in [6.07, 6.45) is 6.51. The number of fused-ring (bicyclic) bond motifs is 1. The topological polar surface area (TPSA) is 32.3 Å². The van der Waals surface area contributed by atoms with Gasteiger partial charge in [0.25, 0.3) is 0 Å². The molecule has 0 aromatic heterocycles. The minimum Gasteiger partial charge on any atom is -0.366 e. The molecule has 1 aliphatic heterocycles. The summed E-state index contributed by atoms with van der Waals surface area (Å²) in [6.45, 7) is 13.2. The molecule has 4 rings (SSSR count). The molecule has 1 N–H and O–H groups in total. The number of nitrogens with zero attached hydrogens (tertiary/aromatic N) is 1. The van der Waals surface area contributed by atoms with Crippen LogP contribution in [0, 0.1) is 19.8 Å². The van der Waals surface area contributed by atoms with Crippen LogP contribution in [0.1, 0.15) is 75.1 Å². The Morgan fingerprint density at radius 2 is 1.87 bits per heavy atom. The van der Waals surface area contributed by atoms with Crippen LogP contribution in [0.25, 0.3) is 0 Å². The molecule has 3 nitrogen and oxygen atoms in total. The number of para-hydroxylation sites is 1. The molecule has 1 unspecified atom stereocenters. The van der Waals surface area contributed by atoms with Crippen molar-refractivity contribution in [2.24, 2.45) is 5.92 Å². The van der Waals surface area contributed by atoms with Crippen LogP contribution < -0.4 is 10.2 Å². The first kappa shape index (κ1) is 23.4. The van der Waals surface area contributed by atoms with E-state index in [0.29, 0.717) is 0 Å². The average Bonchev–Trinajstić information content (AvgIpc) is 3.03. The number of hydrogen-bond acceptors (Lipinski definition) is 2. The van der Waals surface area contributed by atoms with Gasteiger partial charge in [-0.3, -0.25) is 4.79 Å². The molecule has 0 radical (unpaired) electrons. The predicted molar refractivity (Wildman–Crippen MR) is 132 cm³/mol. The molecule has 1 heterocycles. The van der Waals surface area contributed by atoms with Crippen molar-refractivity contribution in [3.8, 4) is 0 Å². The summed E-state index contributed by atoms with van der Waals surface area (Å²) in [5, 5.41) is 2.98. The lowest BCUT2D eigenvalue weighted by Crippen LogP contribution is -2.36. The van der Waals surface area contributed by atoms with E-state index in [4.69, 9.17) is 0 Å². The van der Waals surface area contributed by atoms with E-state index in [1.54, 1.807) is 6.92 Å². The van der Waals surface area contributed by atoms with Gasteiger partial charge in [0.05, 0.1) is 0 Å². The maximum absolute atomic E-state index is 11.3. The van der Waals surface area contributed by atoms with E-state index in [2.05, 4.69) is 80.4 Å². The maximum Gasteiger partial charge on any atom is 0.216 e. The second-order valence-electron chi connectivity index (χ2n) is 9.71. The van der Waals surface area contributed by atoms with Crippen LogP contribution in [0.4, 0.5) is 5.69 Å². The van der Waals surface area contributed by atoms with Gasteiger partial charge in [-0.1, -0.05) is 75.1 Å². The van der Waals surface area contributed by atoms with Gasteiger partial charge in [-0.25, -0.2) is 0 Å². The molecule has 0 spiro atoms. The molecule has 1 amide bonds. The fourth-order valence-electron chi connectivity index (χ4n) is 4.89. The monoisotopic (exact) mass is 420 g/mol. The van der Waals surface area contributed by atoms with Crippen LogP contribution in [-0.2, 0) is 16.8 Å². The number of benzene rings is 2. The molecular weight excluding hydrogens is 380 g/mol. The van der Waals surface area contributed by atoms with Crippen LogP contribution in [0.15, 0.2) is 42.5 Å². The van der Waals surface area contributed by atoms with E-state index in [-0.39, 0.29) is 11.3 Å². The number of rotatable bonds is 6. The first-order valence-corrected chi connectivity index (χ1v) is 12.0. The van der Waals surface area contributed by atoms with Gasteiger partial charge in [0, 0.05) is 37.7 Å². The third-order valence-corrected chi connectivity index (χ3v) is 7.22. The van der Waals surface area contributed by atoms with Gasteiger partial charge in [0.2, 0.25) is 5.91 Å². The summed E-state index contributed by atoms with van der Waals surface area (Å²) in [5.74, 6) is 1.12. The van der Waals surface area contributed by atoms with E-state index in [0.717, 1.165) is 38.4 Å². The second-order valence-corrected chi connectivity index (χ2v) is 9.71. The highest BCUT2D eigenvalue weighted by atomic mass is 16.1. The first-order valence-electron chi connectivity index (χ1n) is 12.0. The number of nitrogens with one attached hydrogen (secondary N) is 1. The van der Waals surface area contributed by atoms with E-state index < -0.39 is 0 Å². The van der Waals surface area contributed by atoms with E-state index in [9.17, 15) is 4.79 Å². The Bertz CT molecular complexity index is 886.